The summed E-state index contributed by atoms with van der Waals surface area (Å²) in [5.41, 5.74) is 0.117. The first-order valence-electron chi connectivity index (χ1n) is 6.41. The largest absolute Gasteiger partial charge is 0.478 e. The summed E-state index contributed by atoms with van der Waals surface area (Å²) in [6.07, 6.45) is 1.31. The molecule has 1 fully saturated rings. The van der Waals surface area contributed by atoms with Gasteiger partial charge in [0.2, 0.25) is 0 Å². The molecule has 3 N–H and O–H groups in total. The predicted octanol–water partition coefficient (Wildman–Crippen LogP) is 2.07. The highest BCUT2D eigenvalue weighted by Crippen LogP contribution is 2.21. The molecule has 0 bridgehead atoms. The van der Waals surface area contributed by atoms with Crippen LogP contribution >= 0.6 is 11.6 Å². The van der Waals surface area contributed by atoms with Crippen molar-refractivity contribution in [3.05, 3.63) is 28.8 Å². The van der Waals surface area contributed by atoms with E-state index in [9.17, 15) is 13.8 Å². The van der Waals surface area contributed by atoms with Crippen LogP contribution in [0.15, 0.2) is 18.2 Å². The highest BCUT2D eigenvalue weighted by molar-refractivity contribution is 7.85. The SMILES string of the molecule is O=C(Nc1cc(Cl)ccc1C(=O)O)NC1CCS(=O)CC1. The molecule has 0 saturated carbocycles. The van der Waals surface area contributed by atoms with Gasteiger partial charge in [-0.05, 0) is 31.0 Å². The van der Waals surface area contributed by atoms with Crippen LogP contribution in [-0.4, -0.2) is 38.9 Å². The van der Waals surface area contributed by atoms with Gasteiger partial charge in [0.1, 0.15) is 0 Å². The first kappa shape index (κ1) is 15.8. The lowest BCUT2D eigenvalue weighted by molar-refractivity contribution is 0.0698. The maximum absolute atomic E-state index is 11.9. The normalized spacial score (nSPS) is 21.6. The number of hydrogen-bond acceptors (Lipinski definition) is 3. The van der Waals surface area contributed by atoms with Crippen molar-refractivity contribution in [2.75, 3.05) is 16.8 Å². The van der Waals surface area contributed by atoms with Gasteiger partial charge in [-0.3, -0.25) is 4.21 Å². The minimum atomic E-state index is -1.14. The van der Waals surface area contributed by atoms with E-state index in [1.54, 1.807) is 0 Å². The number of anilines is 1. The topological polar surface area (TPSA) is 95.5 Å². The van der Waals surface area contributed by atoms with Gasteiger partial charge in [0.15, 0.2) is 0 Å². The molecule has 1 heterocycles. The molecule has 1 aromatic rings. The molecule has 0 atom stereocenters. The van der Waals surface area contributed by atoms with Gasteiger partial charge >= 0.3 is 12.0 Å². The van der Waals surface area contributed by atoms with Gasteiger partial charge in [0, 0.05) is 33.4 Å². The number of nitrogens with one attached hydrogen (secondary N) is 2. The average Bonchev–Trinajstić information content (AvgIpc) is 2.41. The quantitative estimate of drug-likeness (QED) is 0.790. The molecular formula is C13H15ClN2O4S. The highest BCUT2D eigenvalue weighted by atomic mass is 35.5. The monoisotopic (exact) mass is 330 g/mol. The summed E-state index contributed by atoms with van der Waals surface area (Å²) in [4.78, 5) is 23.0. The van der Waals surface area contributed by atoms with Crippen LogP contribution in [0.4, 0.5) is 10.5 Å². The molecule has 0 unspecified atom stereocenters. The van der Waals surface area contributed by atoms with Crippen LogP contribution in [0.1, 0.15) is 23.2 Å². The van der Waals surface area contributed by atoms with Crippen LogP contribution in [0.3, 0.4) is 0 Å². The summed E-state index contributed by atoms with van der Waals surface area (Å²) in [5.74, 6) is 0.000334. The first-order valence-corrected chi connectivity index (χ1v) is 8.27. The van der Waals surface area contributed by atoms with Crippen LogP contribution in [0.25, 0.3) is 0 Å². The Balaban J connectivity index is 2.01. The highest BCUT2D eigenvalue weighted by Gasteiger charge is 2.20. The van der Waals surface area contributed by atoms with Crippen LogP contribution in [0.5, 0.6) is 0 Å². The van der Waals surface area contributed by atoms with E-state index in [0.29, 0.717) is 29.4 Å². The number of carboxylic acid groups (broad SMARTS) is 1. The smallest absolute Gasteiger partial charge is 0.337 e. The molecule has 1 aliphatic heterocycles. The minimum Gasteiger partial charge on any atom is -0.478 e. The number of aromatic carboxylic acids is 1. The number of urea groups is 1. The third-order valence-corrected chi connectivity index (χ3v) is 4.80. The second-order valence-corrected chi connectivity index (χ2v) is 6.85. The van der Waals surface area contributed by atoms with E-state index in [1.807, 2.05) is 0 Å². The zero-order valence-corrected chi connectivity index (χ0v) is 12.7. The molecule has 1 aliphatic rings. The van der Waals surface area contributed by atoms with Crippen molar-refractivity contribution in [1.82, 2.24) is 5.32 Å². The van der Waals surface area contributed by atoms with Gasteiger partial charge in [0.05, 0.1) is 11.3 Å². The van der Waals surface area contributed by atoms with Gasteiger partial charge in [0.25, 0.3) is 0 Å². The fraction of sp³-hybridized carbons (Fsp3) is 0.385. The van der Waals surface area contributed by atoms with Crippen molar-refractivity contribution >= 4 is 40.1 Å². The standard InChI is InChI=1S/C13H15ClN2O4S/c14-8-1-2-10(12(17)18)11(7-8)16-13(19)15-9-3-5-21(20)6-4-9/h1-2,7,9H,3-6H2,(H,17,18)(H2,15,16,19). The summed E-state index contributed by atoms with van der Waals surface area (Å²) < 4.78 is 11.2. The van der Waals surface area contributed by atoms with Gasteiger partial charge in [-0.25, -0.2) is 9.59 Å². The molecule has 0 aliphatic carbocycles. The second kappa shape index (κ2) is 6.91. The number of halogens is 1. The van der Waals surface area contributed by atoms with Gasteiger partial charge in [-0.1, -0.05) is 11.6 Å². The average molecular weight is 331 g/mol. The van der Waals surface area contributed by atoms with Crippen LogP contribution < -0.4 is 10.6 Å². The van der Waals surface area contributed by atoms with E-state index >= 15 is 0 Å². The second-order valence-electron chi connectivity index (χ2n) is 4.72. The summed E-state index contributed by atoms with van der Waals surface area (Å²) in [5, 5.41) is 14.7. The van der Waals surface area contributed by atoms with E-state index in [0.717, 1.165) is 0 Å². The number of benzene rings is 1. The number of rotatable bonds is 3. The van der Waals surface area contributed by atoms with Gasteiger partial charge < -0.3 is 15.7 Å². The Kier molecular flexibility index (Phi) is 5.19. The van der Waals surface area contributed by atoms with Crippen LogP contribution in [0.2, 0.25) is 5.02 Å². The van der Waals surface area contributed by atoms with Crippen molar-refractivity contribution in [1.29, 1.82) is 0 Å². The molecular weight excluding hydrogens is 316 g/mol. The fourth-order valence-electron chi connectivity index (χ4n) is 2.09. The molecule has 8 heteroatoms. The maximum Gasteiger partial charge on any atom is 0.337 e. The summed E-state index contributed by atoms with van der Waals surface area (Å²) in [6.45, 7) is 0. The Bertz CT molecular complexity index is 584. The molecule has 0 radical (unpaired) electrons. The zero-order chi connectivity index (χ0) is 15.4. The van der Waals surface area contributed by atoms with E-state index in [4.69, 9.17) is 16.7 Å². The number of hydrogen-bond donors (Lipinski definition) is 3. The molecule has 0 spiro atoms. The van der Waals surface area contributed by atoms with Crippen molar-refractivity contribution in [3.63, 3.8) is 0 Å². The molecule has 1 aromatic carbocycles. The summed E-state index contributed by atoms with van der Waals surface area (Å²) in [7, 11) is -0.793. The fourth-order valence-corrected chi connectivity index (χ4v) is 3.56. The third-order valence-electron chi connectivity index (χ3n) is 3.18. The third kappa shape index (κ3) is 4.44. The van der Waals surface area contributed by atoms with Crippen molar-refractivity contribution in [3.8, 4) is 0 Å². The molecule has 1 saturated heterocycles. The maximum atomic E-state index is 11.9. The van der Waals surface area contributed by atoms with Gasteiger partial charge in [-0.15, -0.1) is 0 Å². The predicted molar refractivity (Wildman–Crippen MR) is 81.5 cm³/mol. The number of carbonyl (C=O) groups excluding carboxylic acids is 1. The summed E-state index contributed by atoms with van der Waals surface area (Å²) >= 11 is 5.81. The Morgan fingerprint density at radius 2 is 1.95 bits per heavy atom. The molecule has 0 aromatic heterocycles. The zero-order valence-electron chi connectivity index (χ0n) is 11.1. The molecule has 21 heavy (non-hydrogen) atoms. The lowest BCUT2D eigenvalue weighted by Crippen LogP contribution is -2.41. The Hall–Kier alpha value is -1.60. The Morgan fingerprint density at radius 1 is 1.29 bits per heavy atom. The van der Waals surface area contributed by atoms with E-state index in [1.165, 1.54) is 18.2 Å². The number of amides is 2. The van der Waals surface area contributed by atoms with Crippen molar-refractivity contribution in [2.45, 2.75) is 18.9 Å². The van der Waals surface area contributed by atoms with E-state index in [2.05, 4.69) is 10.6 Å². The molecule has 6 nitrogen and oxygen atoms in total. The molecule has 2 rings (SSSR count). The first-order chi connectivity index (χ1) is 9.95. The van der Waals surface area contributed by atoms with E-state index in [-0.39, 0.29) is 17.3 Å². The van der Waals surface area contributed by atoms with Crippen LogP contribution in [0, 0.1) is 0 Å². The lowest BCUT2D eigenvalue weighted by Gasteiger charge is -2.22. The lowest BCUT2D eigenvalue weighted by atomic mass is 10.1. The van der Waals surface area contributed by atoms with Crippen molar-refractivity contribution < 1.29 is 18.9 Å². The molecule has 2 amide bonds. The van der Waals surface area contributed by atoms with Crippen LogP contribution in [-0.2, 0) is 10.8 Å². The number of carboxylic acids is 1. The van der Waals surface area contributed by atoms with E-state index < -0.39 is 22.8 Å². The minimum absolute atomic E-state index is 0.0284. The van der Waals surface area contributed by atoms with Gasteiger partial charge in [-0.2, -0.15) is 0 Å². The Morgan fingerprint density at radius 3 is 2.57 bits per heavy atom. The summed E-state index contributed by atoms with van der Waals surface area (Å²) in [6, 6.07) is 3.64. The molecule has 114 valence electrons. The number of carbonyl (C=O) groups is 2. The van der Waals surface area contributed by atoms with Crippen molar-refractivity contribution in [2.24, 2.45) is 0 Å². The Labute approximate surface area is 129 Å².